The zero-order chi connectivity index (χ0) is 11.8. The molecule has 0 aromatic heterocycles. The van der Waals surface area contributed by atoms with Crippen molar-refractivity contribution in [1.82, 2.24) is 4.90 Å². The van der Waals surface area contributed by atoms with Gasteiger partial charge in [0.2, 0.25) is 0 Å². The summed E-state index contributed by atoms with van der Waals surface area (Å²) in [5, 5.41) is 10.1. The van der Waals surface area contributed by atoms with Crippen LogP contribution in [0.5, 0.6) is 0 Å². The van der Waals surface area contributed by atoms with Gasteiger partial charge in [0, 0.05) is 6.54 Å². The van der Waals surface area contributed by atoms with Crippen LogP contribution in [-0.4, -0.2) is 47.8 Å². The summed E-state index contributed by atoms with van der Waals surface area (Å²) in [4.78, 5) is 13.9. The van der Waals surface area contributed by atoms with Crippen molar-refractivity contribution < 1.29 is 14.6 Å². The van der Waals surface area contributed by atoms with Gasteiger partial charge in [-0.15, -0.1) is 0 Å². The molecular formula is C12H21NO3. The summed E-state index contributed by atoms with van der Waals surface area (Å²) in [6, 6.07) is -0.128. The minimum atomic E-state index is -0.653. The van der Waals surface area contributed by atoms with Crippen molar-refractivity contribution in [2.75, 3.05) is 20.2 Å². The molecule has 1 N–H and O–H groups in total. The van der Waals surface area contributed by atoms with Crippen molar-refractivity contribution in [2.45, 2.75) is 44.2 Å². The van der Waals surface area contributed by atoms with Gasteiger partial charge in [0.1, 0.15) is 6.04 Å². The van der Waals surface area contributed by atoms with Gasteiger partial charge in [0.05, 0.1) is 12.7 Å². The monoisotopic (exact) mass is 227 g/mol. The van der Waals surface area contributed by atoms with Crippen LogP contribution in [-0.2, 0) is 9.53 Å². The largest absolute Gasteiger partial charge is 0.468 e. The highest BCUT2D eigenvalue weighted by Crippen LogP contribution is 2.37. The molecule has 0 aromatic rings. The van der Waals surface area contributed by atoms with E-state index in [9.17, 15) is 9.90 Å². The summed E-state index contributed by atoms with van der Waals surface area (Å²) in [6.07, 6.45) is 3.99. The summed E-state index contributed by atoms with van der Waals surface area (Å²) in [7, 11) is 1.44. The second kappa shape index (κ2) is 4.34. The molecule has 2 unspecified atom stereocenters. The predicted octanol–water partition coefficient (Wildman–Crippen LogP) is 0.785. The number of β-amino-alcohol motifs (C(OH)–C–C–N with tert-alkyl or cyclic N) is 1. The second-order valence-corrected chi connectivity index (χ2v) is 5.38. The fourth-order valence-electron chi connectivity index (χ4n) is 2.67. The van der Waals surface area contributed by atoms with Crippen molar-refractivity contribution in [1.29, 1.82) is 0 Å². The van der Waals surface area contributed by atoms with Crippen LogP contribution in [0.3, 0.4) is 0 Å². The van der Waals surface area contributed by atoms with Crippen molar-refractivity contribution in [3.8, 4) is 0 Å². The Labute approximate surface area is 96.6 Å². The number of carbonyl (C=O) groups is 1. The number of esters is 1. The maximum atomic E-state index is 11.8. The van der Waals surface area contributed by atoms with Gasteiger partial charge >= 0.3 is 5.97 Å². The lowest BCUT2D eigenvalue weighted by Gasteiger charge is -2.40. The van der Waals surface area contributed by atoms with Crippen molar-refractivity contribution in [3.63, 3.8) is 0 Å². The van der Waals surface area contributed by atoms with Crippen molar-refractivity contribution in [3.05, 3.63) is 0 Å². The Morgan fingerprint density at radius 2 is 2.25 bits per heavy atom. The smallest absolute Gasteiger partial charge is 0.323 e. The molecule has 1 saturated heterocycles. The highest BCUT2D eigenvalue weighted by atomic mass is 16.5. The van der Waals surface area contributed by atoms with Gasteiger partial charge in [0.15, 0.2) is 0 Å². The minimum absolute atomic E-state index is 0.128. The van der Waals surface area contributed by atoms with Crippen molar-refractivity contribution in [2.24, 2.45) is 5.92 Å². The first kappa shape index (κ1) is 11.9. The normalized spacial score (nSPS) is 33.4. The minimum Gasteiger partial charge on any atom is -0.468 e. The third-order valence-electron chi connectivity index (χ3n) is 3.61. The lowest BCUT2D eigenvalue weighted by atomic mass is 9.93. The molecule has 0 amide bonds. The van der Waals surface area contributed by atoms with Crippen LogP contribution in [0.15, 0.2) is 0 Å². The Morgan fingerprint density at radius 1 is 1.56 bits per heavy atom. The molecule has 0 radical (unpaired) electrons. The average Bonchev–Trinajstić information content (AvgIpc) is 3.00. The lowest BCUT2D eigenvalue weighted by Crippen LogP contribution is -2.53. The number of hydrogen-bond donors (Lipinski definition) is 1. The Bertz CT molecular complexity index is 273. The van der Waals surface area contributed by atoms with Gasteiger partial charge in [0.25, 0.3) is 0 Å². The summed E-state index contributed by atoms with van der Waals surface area (Å²) >= 11 is 0. The highest BCUT2D eigenvalue weighted by molar-refractivity contribution is 5.76. The number of likely N-dealkylation sites (tertiary alicyclic amines) is 1. The SMILES string of the molecule is COC(=O)C(C1CC1)N1CCCC(C)(O)C1. The molecule has 0 bridgehead atoms. The number of aliphatic hydroxyl groups is 1. The fraction of sp³-hybridized carbons (Fsp3) is 0.917. The molecule has 2 rings (SSSR count). The van der Waals surface area contributed by atoms with E-state index in [0.29, 0.717) is 12.5 Å². The Hall–Kier alpha value is -0.610. The number of ether oxygens (including phenoxy) is 1. The van der Waals surface area contributed by atoms with E-state index in [4.69, 9.17) is 4.74 Å². The number of methoxy groups -OCH3 is 1. The zero-order valence-electron chi connectivity index (χ0n) is 10.1. The Balaban J connectivity index is 2.04. The molecule has 4 heteroatoms. The molecule has 1 saturated carbocycles. The third-order valence-corrected chi connectivity index (χ3v) is 3.61. The summed E-state index contributed by atoms with van der Waals surface area (Å²) in [6.45, 7) is 3.33. The van der Waals surface area contributed by atoms with E-state index < -0.39 is 5.60 Å². The first-order valence-corrected chi connectivity index (χ1v) is 6.08. The maximum Gasteiger partial charge on any atom is 0.323 e. The van der Waals surface area contributed by atoms with Crippen LogP contribution in [0.1, 0.15) is 32.6 Å². The van der Waals surface area contributed by atoms with E-state index >= 15 is 0 Å². The molecule has 1 aliphatic heterocycles. The van der Waals surface area contributed by atoms with E-state index in [1.165, 1.54) is 7.11 Å². The second-order valence-electron chi connectivity index (χ2n) is 5.38. The number of carbonyl (C=O) groups excluding carboxylic acids is 1. The third kappa shape index (κ3) is 2.55. The lowest BCUT2D eigenvalue weighted by molar-refractivity contribution is -0.150. The van der Waals surface area contributed by atoms with E-state index in [2.05, 4.69) is 4.90 Å². The zero-order valence-corrected chi connectivity index (χ0v) is 10.1. The molecule has 2 atom stereocenters. The average molecular weight is 227 g/mol. The molecule has 2 fully saturated rings. The number of rotatable bonds is 3. The first-order chi connectivity index (χ1) is 7.53. The molecule has 92 valence electrons. The predicted molar refractivity (Wildman–Crippen MR) is 60.0 cm³/mol. The van der Waals surface area contributed by atoms with Gasteiger partial charge < -0.3 is 9.84 Å². The Morgan fingerprint density at radius 3 is 2.75 bits per heavy atom. The van der Waals surface area contributed by atoms with Crippen molar-refractivity contribution >= 4 is 5.97 Å². The number of nitrogens with zero attached hydrogens (tertiary/aromatic N) is 1. The molecule has 1 aliphatic carbocycles. The van der Waals surface area contributed by atoms with Gasteiger partial charge in [-0.1, -0.05) is 0 Å². The van der Waals surface area contributed by atoms with E-state index in [1.807, 2.05) is 6.92 Å². The van der Waals surface area contributed by atoms with Crippen LogP contribution < -0.4 is 0 Å². The summed E-state index contributed by atoms with van der Waals surface area (Å²) < 4.78 is 4.87. The fourth-order valence-corrected chi connectivity index (χ4v) is 2.67. The number of hydrogen-bond acceptors (Lipinski definition) is 4. The van der Waals surface area contributed by atoms with Crippen LogP contribution in [0.4, 0.5) is 0 Å². The maximum absolute atomic E-state index is 11.8. The van der Waals surface area contributed by atoms with E-state index in [-0.39, 0.29) is 12.0 Å². The number of piperidine rings is 1. The van der Waals surface area contributed by atoms with Gasteiger partial charge in [-0.3, -0.25) is 9.69 Å². The summed E-state index contributed by atoms with van der Waals surface area (Å²) in [5.41, 5.74) is -0.653. The molecule has 0 spiro atoms. The quantitative estimate of drug-likeness (QED) is 0.724. The topological polar surface area (TPSA) is 49.8 Å². The highest BCUT2D eigenvalue weighted by Gasteiger charge is 2.43. The van der Waals surface area contributed by atoms with Crippen LogP contribution >= 0.6 is 0 Å². The van der Waals surface area contributed by atoms with Gasteiger partial charge in [-0.05, 0) is 45.1 Å². The van der Waals surface area contributed by atoms with Crippen LogP contribution in [0.2, 0.25) is 0 Å². The van der Waals surface area contributed by atoms with Crippen LogP contribution in [0, 0.1) is 5.92 Å². The molecule has 4 nitrogen and oxygen atoms in total. The van der Waals surface area contributed by atoms with Gasteiger partial charge in [-0.25, -0.2) is 0 Å². The molecule has 0 aromatic carbocycles. The standard InChI is InChI=1S/C12H21NO3/c1-12(15)6-3-7-13(8-12)10(9-4-5-9)11(14)16-2/h9-10,15H,3-8H2,1-2H3. The van der Waals surface area contributed by atoms with E-state index in [1.54, 1.807) is 0 Å². The molecular weight excluding hydrogens is 206 g/mol. The summed E-state index contributed by atoms with van der Waals surface area (Å²) in [5.74, 6) is 0.307. The van der Waals surface area contributed by atoms with Crippen LogP contribution in [0.25, 0.3) is 0 Å². The molecule has 2 aliphatic rings. The molecule has 16 heavy (non-hydrogen) atoms. The van der Waals surface area contributed by atoms with E-state index in [0.717, 1.165) is 32.2 Å². The molecule has 1 heterocycles. The van der Waals surface area contributed by atoms with Gasteiger partial charge in [-0.2, -0.15) is 0 Å². The first-order valence-electron chi connectivity index (χ1n) is 6.08. The Kier molecular flexibility index (Phi) is 3.22.